The molecule has 2 aliphatic carbocycles. The number of guanidine groups is 1. The molecule has 4 rings (SSSR count). The highest BCUT2D eigenvalue weighted by Gasteiger charge is 2.44. The SMILES string of the molecule is CN=C(NCC1(c2cccc(Cl)c2)CC1)NC1CCN(C2CCCC2)CC1. The Kier molecular flexibility index (Phi) is 5.93. The van der Waals surface area contributed by atoms with Crippen molar-refractivity contribution in [3.8, 4) is 0 Å². The van der Waals surface area contributed by atoms with Gasteiger partial charge in [0.15, 0.2) is 5.96 Å². The van der Waals surface area contributed by atoms with Crippen molar-refractivity contribution < 1.29 is 0 Å². The van der Waals surface area contributed by atoms with Gasteiger partial charge in [0.25, 0.3) is 0 Å². The standard InChI is InChI=1S/C22H33ClN4/c1-24-21(25-16-22(11-12-22)17-5-4-6-18(23)15-17)26-19-9-13-27(14-10-19)20-7-2-3-8-20/h4-6,15,19-20H,2-3,7-14,16H2,1H3,(H2,24,25,26). The number of hydrogen-bond acceptors (Lipinski definition) is 2. The van der Waals surface area contributed by atoms with Crippen molar-refractivity contribution in [1.29, 1.82) is 0 Å². The zero-order valence-electron chi connectivity index (χ0n) is 16.5. The molecule has 1 aromatic rings. The Morgan fingerprint density at radius 1 is 1.19 bits per heavy atom. The van der Waals surface area contributed by atoms with Crippen LogP contribution in [-0.4, -0.2) is 49.6 Å². The van der Waals surface area contributed by atoms with Gasteiger partial charge in [-0.3, -0.25) is 4.99 Å². The molecule has 3 aliphatic rings. The lowest BCUT2D eigenvalue weighted by molar-refractivity contribution is 0.150. The molecule has 3 fully saturated rings. The highest BCUT2D eigenvalue weighted by molar-refractivity contribution is 6.30. The van der Waals surface area contributed by atoms with Crippen molar-refractivity contribution in [2.24, 2.45) is 4.99 Å². The van der Waals surface area contributed by atoms with Gasteiger partial charge in [-0.15, -0.1) is 0 Å². The molecular formula is C22H33ClN4. The summed E-state index contributed by atoms with van der Waals surface area (Å²) in [5, 5.41) is 8.08. The smallest absolute Gasteiger partial charge is 0.191 e. The minimum absolute atomic E-state index is 0.231. The van der Waals surface area contributed by atoms with E-state index in [1.807, 2.05) is 13.1 Å². The molecule has 1 aliphatic heterocycles. The van der Waals surface area contributed by atoms with E-state index < -0.39 is 0 Å². The first-order valence-corrected chi connectivity index (χ1v) is 11.0. The van der Waals surface area contributed by atoms with E-state index in [0.29, 0.717) is 6.04 Å². The largest absolute Gasteiger partial charge is 0.356 e. The zero-order valence-corrected chi connectivity index (χ0v) is 17.3. The second-order valence-corrected chi connectivity index (χ2v) is 9.05. The molecule has 0 atom stereocenters. The van der Waals surface area contributed by atoms with Gasteiger partial charge in [-0.05, 0) is 56.2 Å². The number of rotatable bonds is 5. The van der Waals surface area contributed by atoms with Crippen molar-refractivity contribution in [1.82, 2.24) is 15.5 Å². The first kappa shape index (κ1) is 19.1. The van der Waals surface area contributed by atoms with Gasteiger partial charge in [-0.2, -0.15) is 0 Å². The third-order valence-corrected chi connectivity index (χ3v) is 7.05. The van der Waals surface area contributed by atoms with Gasteiger partial charge in [0.05, 0.1) is 0 Å². The van der Waals surface area contributed by atoms with E-state index in [-0.39, 0.29) is 5.41 Å². The fourth-order valence-corrected chi connectivity index (χ4v) is 5.05. The van der Waals surface area contributed by atoms with Crippen LogP contribution in [0.4, 0.5) is 0 Å². The van der Waals surface area contributed by atoms with Crippen molar-refractivity contribution in [3.05, 3.63) is 34.9 Å². The highest BCUT2D eigenvalue weighted by Crippen LogP contribution is 2.48. The minimum atomic E-state index is 0.231. The van der Waals surface area contributed by atoms with Crippen LogP contribution < -0.4 is 10.6 Å². The molecule has 0 spiro atoms. The molecule has 5 heteroatoms. The lowest BCUT2D eigenvalue weighted by Gasteiger charge is -2.36. The summed E-state index contributed by atoms with van der Waals surface area (Å²) in [4.78, 5) is 7.20. The first-order valence-electron chi connectivity index (χ1n) is 10.7. The molecule has 1 heterocycles. The van der Waals surface area contributed by atoms with E-state index in [4.69, 9.17) is 11.6 Å². The van der Waals surface area contributed by atoms with Crippen LogP contribution in [0.1, 0.15) is 56.9 Å². The second-order valence-electron chi connectivity index (χ2n) is 8.61. The number of nitrogens with zero attached hydrogens (tertiary/aromatic N) is 2. The average Bonchev–Trinajstić information content (AvgIpc) is 3.29. The van der Waals surface area contributed by atoms with Gasteiger partial charge in [0.1, 0.15) is 0 Å². The fourth-order valence-electron chi connectivity index (χ4n) is 4.86. The molecule has 148 valence electrons. The Morgan fingerprint density at radius 3 is 2.56 bits per heavy atom. The zero-order chi connectivity index (χ0) is 18.7. The lowest BCUT2D eigenvalue weighted by atomic mass is 9.96. The van der Waals surface area contributed by atoms with Crippen molar-refractivity contribution in [2.45, 2.75) is 68.9 Å². The Bertz CT molecular complexity index is 656. The Morgan fingerprint density at radius 2 is 1.93 bits per heavy atom. The van der Waals surface area contributed by atoms with E-state index in [2.05, 4.69) is 38.7 Å². The summed E-state index contributed by atoms with van der Waals surface area (Å²) in [5.41, 5.74) is 1.58. The summed E-state index contributed by atoms with van der Waals surface area (Å²) in [6.07, 6.45) is 10.5. The van der Waals surface area contributed by atoms with Crippen LogP contribution in [0.3, 0.4) is 0 Å². The molecule has 27 heavy (non-hydrogen) atoms. The Balaban J connectivity index is 1.25. The van der Waals surface area contributed by atoms with Crippen LogP contribution in [0, 0.1) is 0 Å². The lowest BCUT2D eigenvalue weighted by Crippen LogP contribution is -2.51. The van der Waals surface area contributed by atoms with Crippen molar-refractivity contribution >= 4 is 17.6 Å². The van der Waals surface area contributed by atoms with Gasteiger partial charge >= 0.3 is 0 Å². The summed E-state index contributed by atoms with van der Waals surface area (Å²) in [6.45, 7) is 3.38. The highest BCUT2D eigenvalue weighted by atomic mass is 35.5. The van der Waals surface area contributed by atoms with Crippen LogP contribution in [0.5, 0.6) is 0 Å². The monoisotopic (exact) mass is 388 g/mol. The average molecular weight is 389 g/mol. The third-order valence-electron chi connectivity index (χ3n) is 6.82. The van der Waals surface area contributed by atoms with Crippen LogP contribution in [0.15, 0.2) is 29.3 Å². The Hall–Kier alpha value is -1.26. The molecule has 0 radical (unpaired) electrons. The number of hydrogen-bond donors (Lipinski definition) is 2. The summed E-state index contributed by atoms with van der Waals surface area (Å²) >= 11 is 6.20. The number of likely N-dealkylation sites (tertiary alicyclic amines) is 1. The topological polar surface area (TPSA) is 39.7 Å². The Labute approximate surface area is 168 Å². The molecule has 2 saturated carbocycles. The maximum Gasteiger partial charge on any atom is 0.191 e. The molecule has 0 aromatic heterocycles. The predicted molar refractivity (Wildman–Crippen MR) is 114 cm³/mol. The molecular weight excluding hydrogens is 356 g/mol. The molecule has 4 nitrogen and oxygen atoms in total. The predicted octanol–water partition coefficient (Wildman–Crippen LogP) is 3.94. The van der Waals surface area contributed by atoms with E-state index in [0.717, 1.165) is 23.6 Å². The maximum absolute atomic E-state index is 6.20. The second kappa shape index (κ2) is 8.40. The fraction of sp³-hybridized carbons (Fsp3) is 0.682. The normalized spacial score (nSPS) is 24.1. The van der Waals surface area contributed by atoms with Gasteiger partial charge < -0.3 is 15.5 Å². The summed E-state index contributed by atoms with van der Waals surface area (Å²) in [6, 6.07) is 9.72. The van der Waals surface area contributed by atoms with Gasteiger partial charge in [-0.25, -0.2) is 0 Å². The van der Waals surface area contributed by atoms with Gasteiger partial charge in [-0.1, -0.05) is 36.6 Å². The molecule has 2 N–H and O–H groups in total. The number of piperidine rings is 1. The van der Waals surface area contributed by atoms with Gasteiger partial charge in [0, 0.05) is 49.2 Å². The summed E-state index contributed by atoms with van der Waals surface area (Å²) in [5.74, 6) is 0.947. The molecule has 0 amide bonds. The minimum Gasteiger partial charge on any atom is -0.356 e. The summed E-state index contributed by atoms with van der Waals surface area (Å²) in [7, 11) is 1.88. The van der Waals surface area contributed by atoms with E-state index >= 15 is 0 Å². The molecule has 1 aromatic carbocycles. The van der Waals surface area contributed by atoms with Crippen LogP contribution >= 0.6 is 11.6 Å². The number of nitrogens with one attached hydrogen (secondary N) is 2. The van der Waals surface area contributed by atoms with E-state index in [1.54, 1.807) is 0 Å². The van der Waals surface area contributed by atoms with Crippen molar-refractivity contribution in [3.63, 3.8) is 0 Å². The van der Waals surface area contributed by atoms with Crippen LogP contribution in [0.25, 0.3) is 0 Å². The first-order chi connectivity index (χ1) is 13.2. The van der Waals surface area contributed by atoms with E-state index in [9.17, 15) is 0 Å². The molecule has 1 saturated heterocycles. The molecule has 0 unspecified atom stereocenters. The third kappa shape index (κ3) is 4.60. The number of aliphatic imine (C=N–C) groups is 1. The maximum atomic E-state index is 6.20. The van der Waals surface area contributed by atoms with E-state index in [1.165, 1.54) is 70.0 Å². The van der Waals surface area contributed by atoms with Crippen molar-refractivity contribution in [2.75, 3.05) is 26.7 Å². The van der Waals surface area contributed by atoms with Gasteiger partial charge in [0.2, 0.25) is 0 Å². The van der Waals surface area contributed by atoms with Crippen LogP contribution in [0.2, 0.25) is 5.02 Å². The van der Waals surface area contributed by atoms with Crippen LogP contribution in [-0.2, 0) is 5.41 Å². The molecule has 0 bridgehead atoms. The quantitative estimate of drug-likeness (QED) is 0.592. The number of halogens is 1. The number of benzene rings is 1. The summed E-state index contributed by atoms with van der Waals surface area (Å²) < 4.78 is 0.